The van der Waals surface area contributed by atoms with Crippen LogP contribution in [-0.4, -0.2) is 158 Å². The van der Waals surface area contributed by atoms with Crippen molar-refractivity contribution < 1.29 is 176 Å². The van der Waals surface area contributed by atoms with E-state index in [9.17, 15) is 0 Å². The van der Waals surface area contributed by atoms with E-state index < -0.39 is 0 Å². The fraction of sp³-hybridized carbons (Fsp3) is 0.902. The van der Waals surface area contributed by atoms with Crippen LogP contribution in [0.2, 0.25) is 0 Å². The van der Waals surface area contributed by atoms with Crippen LogP contribution in [0.1, 0.15) is 299 Å². The molecule has 0 aliphatic rings. The minimum absolute atomic E-state index is 0. The summed E-state index contributed by atoms with van der Waals surface area (Å²) in [5.41, 5.74) is 25.5. The largest absolute Gasteiger partial charge is 1.00 e. The maximum atomic E-state index is 8.22. The van der Waals surface area contributed by atoms with Gasteiger partial charge in [-0.05, 0) is 111 Å². The molecule has 0 aliphatic carbocycles. The first-order valence-corrected chi connectivity index (χ1v) is 37.5. The molecule has 0 aromatic heterocycles. The third kappa shape index (κ3) is 164. The van der Waals surface area contributed by atoms with Gasteiger partial charge in [-0.3, -0.25) is 0 Å². The van der Waals surface area contributed by atoms with Crippen LogP contribution in [0.3, 0.4) is 0 Å². The van der Waals surface area contributed by atoms with Crippen molar-refractivity contribution in [3.05, 3.63) is 35.9 Å². The molecule has 645 valence electrons. The number of hydrogen-bond acceptors (Lipinski definition) is 5. The predicted molar refractivity (Wildman–Crippen MR) is 440 cm³/mol. The molecule has 103 heavy (non-hydrogen) atoms. The Kier molecular flexibility index (Phi) is 207. The second kappa shape index (κ2) is 127. The summed E-state index contributed by atoms with van der Waals surface area (Å²) in [6.07, 6.45) is 15.0. The van der Waals surface area contributed by atoms with E-state index in [0.717, 1.165) is 128 Å². The summed E-state index contributed by atoms with van der Waals surface area (Å²) in [4.78, 5) is 0. The van der Waals surface area contributed by atoms with Crippen molar-refractivity contribution in [2.45, 2.75) is 312 Å². The van der Waals surface area contributed by atoms with E-state index in [0.29, 0.717) is 24.9 Å². The quantitative estimate of drug-likeness (QED) is 0.0263. The summed E-state index contributed by atoms with van der Waals surface area (Å²) in [5, 5.41) is 21.9. The van der Waals surface area contributed by atoms with Crippen molar-refractivity contribution in [2.75, 3.05) is 127 Å². The van der Waals surface area contributed by atoms with Crippen LogP contribution in [0.25, 0.3) is 0 Å². The van der Waals surface area contributed by atoms with E-state index in [2.05, 4.69) is 283 Å². The normalized spacial score (nSPS) is 12.4. The Bertz CT molecular complexity index is 1460. The number of nitrogens with two attached hydrogens (primary N) is 2. The van der Waals surface area contributed by atoms with Crippen molar-refractivity contribution in [2.24, 2.45) is 59.0 Å². The fourth-order valence-corrected chi connectivity index (χ4v) is 7.22. The molecule has 0 aliphatic heterocycles. The molecular weight excluding hydrogens is 1670 g/mol. The molecule has 0 heterocycles. The molecule has 0 spiro atoms. The van der Waals surface area contributed by atoms with E-state index >= 15 is 0 Å². The fourth-order valence-electron chi connectivity index (χ4n) is 7.22. The number of nitrogens with one attached hydrogen (secondary N) is 1. The Labute approximate surface area is 731 Å². The molecule has 0 fully saturated rings. The molecular formula is C82H203AcBrCl5N13O+2. The number of rotatable bonds is 34. The topological polar surface area (TPSA) is 270 Å². The molecule has 1 rings (SSSR count). The standard InChI is InChI=1S/C14H24N.C11H26N.2C8H16N2.C8H20N.4C5H13N.2C4H11N.5CH4.Ac.BrH.5ClH.H2O/c1-5-13(2)11-15(3,4)12-14-9-7-6-8-10-14;1-6-11(5)10-12(7-2,8-3)9-4;2*1-3-8(2)7-10-6-4-5-9;1-6-8(2)7-9(3,4)5;4*1-3-5(2)4-6;2*1-3-4(2)5;;;;;;;;;;;;;/h6-10,13H,5,11-12H2,1-4H3;11H,6-10H2,1-5H3;2*8,10H,3-4,6-7H2,1-2H3;8H,6-7H2,1-5H3;4*5H,3-4,6H2,1-2H3;2*4H,3,5H2,1-2H3;5*1H4;;6*1H;1H2/q2*+1;;;+1;;;;;;;;;;;;;;;;;;;/p-1. The molecule has 0 amide bonds. The van der Waals surface area contributed by atoms with Crippen molar-refractivity contribution in [3.63, 3.8) is 0 Å². The molecule has 1 radical (unpaired) electrons. The number of nitriles is 2. The average molecular weight is 1870 g/mol. The van der Waals surface area contributed by atoms with Gasteiger partial charge >= 0.3 is 0 Å². The minimum Gasteiger partial charge on any atom is -1.00 e. The molecule has 1 aromatic rings. The summed E-state index contributed by atoms with van der Waals surface area (Å²) in [5.74, 6) is 7.38. The van der Waals surface area contributed by atoms with Gasteiger partial charge in [0.1, 0.15) is 6.54 Å². The third-order valence-corrected chi connectivity index (χ3v) is 17.4. The first-order chi connectivity index (χ1) is 42.0. The van der Waals surface area contributed by atoms with Crippen LogP contribution in [0.15, 0.2) is 30.3 Å². The van der Waals surface area contributed by atoms with E-state index in [1.54, 1.807) is 0 Å². The zero-order valence-electron chi connectivity index (χ0n) is 71.3. The third-order valence-electron chi connectivity index (χ3n) is 17.4. The van der Waals surface area contributed by atoms with Crippen molar-refractivity contribution in [3.8, 4) is 12.1 Å². The number of quaternary nitrogens is 9. The van der Waals surface area contributed by atoms with Crippen molar-refractivity contribution in [1.82, 2.24) is 5.32 Å². The number of benzene rings is 1. The maximum Gasteiger partial charge on any atom is 0.104 e. The smallest absolute Gasteiger partial charge is 0.104 e. The van der Waals surface area contributed by atoms with Gasteiger partial charge in [0.2, 0.25) is 0 Å². The Balaban J connectivity index is -0.0000000327. The summed E-state index contributed by atoms with van der Waals surface area (Å²) < 4.78 is 3.48. The zero-order valence-corrected chi connectivity index (χ0v) is 81.4. The van der Waals surface area contributed by atoms with E-state index in [1.807, 2.05) is 6.92 Å². The Morgan fingerprint density at radius 2 is 0.728 bits per heavy atom. The second-order valence-electron chi connectivity index (χ2n) is 28.7. The van der Waals surface area contributed by atoms with Gasteiger partial charge in [-0.2, -0.15) is 10.5 Å². The molecule has 11 atom stereocenters. The Morgan fingerprint density at radius 1 is 0.447 bits per heavy atom. The van der Waals surface area contributed by atoms with Gasteiger partial charge < -0.3 is 143 Å². The molecule has 0 bridgehead atoms. The monoisotopic (exact) mass is 1870 g/mol. The van der Waals surface area contributed by atoms with Gasteiger partial charge in [-0.15, -0.1) is 0 Å². The van der Waals surface area contributed by atoms with Gasteiger partial charge in [-0.1, -0.05) is 212 Å². The summed E-state index contributed by atoms with van der Waals surface area (Å²) in [6.45, 7) is 72.8. The Morgan fingerprint density at radius 3 is 0.942 bits per heavy atom. The van der Waals surface area contributed by atoms with E-state index in [-0.39, 0.29) is 166 Å². The van der Waals surface area contributed by atoms with Crippen molar-refractivity contribution >= 4 is 0 Å². The zero-order chi connectivity index (χ0) is 72.6. The predicted octanol–water partition coefficient (Wildman–Crippen LogP) is -3.10. The maximum absolute atomic E-state index is 8.22. The van der Waals surface area contributed by atoms with Crippen LogP contribution in [0.5, 0.6) is 0 Å². The van der Waals surface area contributed by atoms with Crippen molar-refractivity contribution in [1.29, 1.82) is 10.5 Å². The number of hydrogen-bond donors (Lipinski definition) is 8. The summed E-state index contributed by atoms with van der Waals surface area (Å²) in [6, 6.07) is 16.0. The van der Waals surface area contributed by atoms with Gasteiger partial charge in [0.15, 0.2) is 0 Å². The minimum atomic E-state index is 0. The first-order valence-electron chi connectivity index (χ1n) is 37.5. The second-order valence-corrected chi connectivity index (χ2v) is 28.7. The Hall–Kier alpha value is 1.09. The summed E-state index contributed by atoms with van der Waals surface area (Å²) >= 11 is 0. The van der Waals surface area contributed by atoms with Crippen LogP contribution in [0.4, 0.5) is 0 Å². The van der Waals surface area contributed by atoms with Crippen LogP contribution in [-0.2, 0) is 6.54 Å². The molecule has 0 saturated carbocycles. The first kappa shape index (κ1) is 168. The molecule has 14 nitrogen and oxygen atoms in total. The van der Waals surface area contributed by atoms with Crippen LogP contribution < -0.4 is 124 Å². The molecule has 21 heteroatoms. The molecule has 1 aromatic carbocycles. The van der Waals surface area contributed by atoms with Gasteiger partial charge in [0.25, 0.3) is 0 Å². The molecule has 0 saturated heterocycles. The number of nitrogens with zero attached hydrogens (tertiary/aromatic N) is 5. The van der Waals surface area contributed by atoms with Crippen LogP contribution in [0, 0.1) is 120 Å². The van der Waals surface area contributed by atoms with Gasteiger partial charge in [-0.25, -0.2) is 0 Å². The molecule has 11 unspecified atom stereocenters. The van der Waals surface area contributed by atoms with Crippen LogP contribution >= 0.6 is 0 Å². The SMILES string of the molecule is C.C.C.C.C.CCC(C)CNCCC#N.CCC(C)C[N+](C)(C)C.CCC(C)C[N+](C)(C)Cc1ccccc1.CCC(C)C[N+](CC)(CC)CC.CCC(C)C[NH2+]CCC#N.CCC(C)C[NH3+].CCC(C)C[NH3+].CCC(C)C[NH3+].CCC(C)C[NH3+].CCC(C)N.CCC(C)[NH3+].[Ac].[Br-].[Cl-].[Cl-].[Cl-].[Cl-].[Cl-].[OH-]. The van der Waals surface area contributed by atoms with E-state index in [1.165, 1.54) is 114 Å². The number of halogens is 6. The van der Waals surface area contributed by atoms with E-state index in [4.69, 9.17) is 16.3 Å². The summed E-state index contributed by atoms with van der Waals surface area (Å²) in [7, 11) is 11.4. The average Bonchev–Trinajstić information content (AvgIpc) is 0.911. The van der Waals surface area contributed by atoms with Gasteiger partial charge in [0, 0.05) is 116 Å². The molecule has 21 N–H and O–H groups in total. The van der Waals surface area contributed by atoms with Gasteiger partial charge in [0.05, 0.1) is 138 Å².